The summed E-state index contributed by atoms with van der Waals surface area (Å²) in [4.78, 5) is 9.32. The molecule has 0 amide bonds. The molecule has 1 atom stereocenters. The number of benzene rings is 2. The van der Waals surface area contributed by atoms with Crippen LogP contribution >= 0.6 is 0 Å². The summed E-state index contributed by atoms with van der Waals surface area (Å²) in [7, 11) is 0. The molecule has 1 aliphatic heterocycles. The predicted octanol–water partition coefficient (Wildman–Crippen LogP) is 6.44. The summed E-state index contributed by atoms with van der Waals surface area (Å²) in [6, 6.07) is 23.7. The monoisotopic (exact) mass is 467 g/mol. The van der Waals surface area contributed by atoms with E-state index in [1.54, 1.807) is 0 Å². The fourth-order valence-corrected chi connectivity index (χ4v) is 4.57. The van der Waals surface area contributed by atoms with Gasteiger partial charge in [-0.15, -0.1) is 0 Å². The van der Waals surface area contributed by atoms with E-state index in [1.807, 2.05) is 24.4 Å². The lowest BCUT2D eigenvalue weighted by Crippen LogP contribution is -2.34. The summed E-state index contributed by atoms with van der Waals surface area (Å²) in [6.07, 6.45) is 8.41. The van der Waals surface area contributed by atoms with Gasteiger partial charge < -0.3 is 9.80 Å². The van der Waals surface area contributed by atoms with Gasteiger partial charge in [0.15, 0.2) is 0 Å². The van der Waals surface area contributed by atoms with Crippen LogP contribution in [0.5, 0.6) is 0 Å². The maximum atomic E-state index is 4.60. The number of pyridine rings is 1. The molecule has 0 aliphatic carbocycles. The average Bonchev–Trinajstić information content (AvgIpc) is 3.35. The summed E-state index contributed by atoms with van der Waals surface area (Å²) in [5, 5.41) is 2.13. The van der Waals surface area contributed by atoms with E-state index in [-0.39, 0.29) is 6.04 Å². The lowest BCUT2D eigenvalue weighted by atomic mass is 10.0. The van der Waals surface area contributed by atoms with E-state index in [9.17, 15) is 0 Å². The molecule has 0 bridgehead atoms. The first-order valence-electron chi connectivity index (χ1n) is 12.7. The molecule has 182 valence electrons. The summed E-state index contributed by atoms with van der Waals surface area (Å²) >= 11 is 0. The fraction of sp³-hybridized carbons (Fsp3) is 0.300. The lowest BCUT2D eigenvalue weighted by Gasteiger charge is -2.27. The fourth-order valence-electron chi connectivity index (χ4n) is 4.57. The highest BCUT2D eigenvalue weighted by Gasteiger charge is 2.26. The van der Waals surface area contributed by atoms with Crippen LogP contribution in [0.2, 0.25) is 0 Å². The van der Waals surface area contributed by atoms with Crippen molar-refractivity contribution in [1.29, 1.82) is 0 Å². The summed E-state index contributed by atoms with van der Waals surface area (Å²) in [5.74, 6) is 0.897. The zero-order chi connectivity index (χ0) is 24.6. The Morgan fingerprint density at radius 1 is 0.771 bits per heavy atom. The average molecular weight is 468 g/mol. The highest BCUT2D eigenvalue weighted by atomic mass is 15.6. The maximum absolute atomic E-state index is 4.60. The van der Waals surface area contributed by atoms with Crippen LogP contribution < -0.4 is 20.2 Å². The van der Waals surface area contributed by atoms with Gasteiger partial charge in [-0.2, -0.15) is 0 Å². The second-order valence-electron chi connectivity index (χ2n) is 8.60. The van der Waals surface area contributed by atoms with Crippen molar-refractivity contribution in [2.45, 2.75) is 33.7 Å². The Morgan fingerprint density at radius 3 is 1.91 bits per heavy atom. The zero-order valence-corrected chi connectivity index (χ0v) is 21.4. The van der Waals surface area contributed by atoms with Gasteiger partial charge in [0.1, 0.15) is 5.82 Å². The van der Waals surface area contributed by atoms with E-state index in [2.05, 4.69) is 120 Å². The van der Waals surface area contributed by atoms with Crippen molar-refractivity contribution in [3.63, 3.8) is 0 Å². The second-order valence-corrected chi connectivity index (χ2v) is 8.60. The molecule has 0 fully saturated rings. The first-order valence-corrected chi connectivity index (χ1v) is 12.7. The summed E-state index contributed by atoms with van der Waals surface area (Å²) < 4.78 is 0. The molecule has 1 unspecified atom stereocenters. The molecule has 2 heterocycles. The zero-order valence-electron chi connectivity index (χ0n) is 21.4. The smallest absolute Gasteiger partial charge is 0.147 e. The van der Waals surface area contributed by atoms with Gasteiger partial charge in [-0.1, -0.05) is 36.4 Å². The van der Waals surface area contributed by atoms with Crippen molar-refractivity contribution in [2.75, 3.05) is 41.0 Å². The molecule has 0 radical (unpaired) electrons. The van der Waals surface area contributed by atoms with Crippen molar-refractivity contribution in [3.8, 4) is 0 Å². The highest BCUT2D eigenvalue weighted by Crippen LogP contribution is 2.32. The molecule has 4 rings (SSSR count). The molecular weight excluding hydrogens is 430 g/mol. The lowest BCUT2D eigenvalue weighted by molar-refractivity contribution is 0.697. The van der Waals surface area contributed by atoms with Crippen LogP contribution in [0.1, 0.15) is 44.9 Å². The quantitative estimate of drug-likeness (QED) is 0.371. The van der Waals surface area contributed by atoms with Gasteiger partial charge in [0.2, 0.25) is 0 Å². The van der Waals surface area contributed by atoms with Crippen LogP contribution in [0.15, 0.2) is 90.8 Å². The van der Waals surface area contributed by atoms with E-state index in [0.29, 0.717) is 0 Å². The van der Waals surface area contributed by atoms with Crippen LogP contribution in [0, 0.1) is 0 Å². The number of rotatable bonds is 10. The molecule has 1 N–H and O–H groups in total. The number of anilines is 3. The van der Waals surface area contributed by atoms with Gasteiger partial charge in [-0.3, -0.25) is 10.4 Å². The third-order valence-electron chi connectivity index (χ3n) is 6.60. The number of nitrogens with one attached hydrogen (secondary N) is 1. The molecule has 3 aromatic rings. The van der Waals surface area contributed by atoms with E-state index in [1.165, 1.54) is 22.5 Å². The third-order valence-corrected chi connectivity index (χ3v) is 6.60. The van der Waals surface area contributed by atoms with Crippen molar-refractivity contribution >= 4 is 23.3 Å². The Bertz CT molecular complexity index is 1110. The van der Waals surface area contributed by atoms with Crippen LogP contribution in [0.3, 0.4) is 0 Å². The maximum Gasteiger partial charge on any atom is 0.147 e. The van der Waals surface area contributed by atoms with Crippen LogP contribution in [0.25, 0.3) is 6.08 Å². The molecule has 5 heteroatoms. The minimum atomic E-state index is 0.0559. The van der Waals surface area contributed by atoms with Gasteiger partial charge >= 0.3 is 0 Å². The normalized spacial score (nSPS) is 15.3. The first kappa shape index (κ1) is 24.4. The molecule has 5 nitrogen and oxygen atoms in total. The molecule has 0 saturated heterocycles. The molecule has 0 saturated carbocycles. The number of aromatic nitrogens is 1. The highest BCUT2D eigenvalue weighted by molar-refractivity contribution is 5.60. The predicted molar refractivity (Wildman–Crippen MR) is 150 cm³/mol. The van der Waals surface area contributed by atoms with E-state index < -0.39 is 0 Å². The van der Waals surface area contributed by atoms with E-state index in [0.717, 1.165) is 37.7 Å². The van der Waals surface area contributed by atoms with Crippen molar-refractivity contribution in [2.24, 2.45) is 0 Å². The first-order chi connectivity index (χ1) is 17.2. The number of hydrogen-bond donors (Lipinski definition) is 1. The van der Waals surface area contributed by atoms with E-state index in [4.69, 9.17) is 0 Å². The van der Waals surface area contributed by atoms with Crippen LogP contribution in [-0.4, -0.2) is 31.2 Å². The number of nitrogens with zero attached hydrogens (tertiary/aromatic N) is 4. The number of hydrogen-bond acceptors (Lipinski definition) is 5. The molecule has 0 spiro atoms. The van der Waals surface area contributed by atoms with Gasteiger partial charge in [-0.25, -0.2) is 4.98 Å². The Hall–Kier alpha value is -3.73. The number of hydrazine groups is 1. The summed E-state index contributed by atoms with van der Waals surface area (Å²) in [5.41, 5.74) is 9.54. The van der Waals surface area contributed by atoms with Gasteiger partial charge in [0.05, 0.1) is 11.7 Å². The Balaban J connectivity index is 1.57. The molecular formula is C30H37N5. The van der Waals surface area contributed by atoms with Crippen LogP contribution in [0.4, 0.5) is 17.2 Å². The third kappa shape index (κ3) is 5.68. The van der Waals surface area contributed by atoms with Crippen LogP contribution in [-0.2, 0) is 0 Å². The van der Waals surface area contributed by atoms with E-state index >= 15 is 0 Å². The number of allylic oxidation sites excluding steroid dienone is 1. The van der Waals surface area contributed by atoms with Gasteiger partial charge in [0, 0.05) is 43.8 Å². The van der Waals surface area contributed by atoms with Crippen molar-refractivity contribution in [3.05, 3.63) is 102 Å². The molecule has 35 heavy (non-hydrogen) atoms. The Labute approximate surface area is 210 Å². The standard InChI is InChI=1S/C30H37N5/c1-5-33(6-2)27-18-13-24(14-19-27)12-17-26-23-29(35(32-26)30-11-9-10-22-31-30)25-15-20-28(21-16-25)34(7-3)8-4/h9-23,29,32H,5-8H2,1-4H3. The minimum absolute atomic E-state index is 0.0559. The minimum Gasteiger partial charge on any atom is -0.372 e. The molecule has 1 aliphatic rings. The topological polar surface area (TPSA) is 34.6 Å². The summed E-state index contributed by atoms with van der Waals surface area (Å²) in [6.45, 7) is 12.8. The van der Waals surface area contributed by atoms with Gasteiger partial charge in [0.25, 0.3) is 0 Å². The Kier molecular flexibility index (Phi) is 8.09. The SMILES string of the molecule is CCN(CC)c1ccc(C=CC2=CC(c3ccc(N(CC)CC)cc3)N(c3ccccn3)N2)cc1. The Morgan fingerprint density at radius 2 is 1.37 bits per heavy atom. The van der Waals surface area contributed by atoms with Gasteiger partial charge in [-0.05, 0) is 87.4 Å². The largest absolute Gasteiger partial charge is 0.372 e. The molecule has 2 aromatic carbocycles. The molecule has 1 aromatic heterocycles. The second kappa shape index (κ2) is 11.6. The van der Waals surface area contributed by atoms with Crippen molar-refractivity contribution < 1.29 is 0 Å². The van der Waals surface area contributed by atoms with Crippen molar-refractivity contribution in [1.82, 2.24) is 10.4 Å².